The highest BCUT2D eigenvalue weighted by Gasteiger charge is 2.16. The Morgan fingerprint density at radius 1 is 1.43 bits per heavy atom. The van der Waals surface area contributed by atoms with E-state index < -0.39 is 0 Å². The molecular weight excluding hydrogens is 200 g/mol. The molecule has 14 heavy (non-hydrogen) atoms. The third kappa shape index (κ3) is 2.40. The van der Waals surface area contributed by atoms with Crippen LogP contribution in [0.5, 0.6) is 0 Å². The highest BCUT2D eigenvalue weighted by Crippen LogP contribution is 2.23. The number of ether oxygens (including phenoxy) is 1. The van der Waals surface area contributed by atoms with Crippen molar-refractivity contribution in [3.05, 3.63) is 5.01 Å². The first kappa shape index (κ1) is 9.82. The molecule has 5 nitrogen and oxygen atoms in total. The van der Waals surface area contributed by atoms with Gasteiger partial charge in [-0.15, -0.1) is 10.2 Å². The van der Waals surface area contributed by atoms with Gasteiger partial charge in [-0.3, -0.25) is 5.43 Å². The Kier molecular flexibility index (Phi) is 3.28. The Morgan fingerprint density at radius 2 is 2.21 bits per heavy atom. The molecule has 78 valence electrons. The summed E-state index contributed by atoms with van der Waals surface area (Å²) in [6.45, 7) is 0.560. The largest absolute Gasteiger partial charge is 0.371 e. The van der Waals surface area contributed by atoms with Crippen molar-refractivity contribution in [3.8, 4) is 0 Å². The van der Waals surface area contributed by atoms with Crippen LogP contribution >= 0.6 is 11.3 Å². The van der Waals surface area contributed by atoms with Crippen LogP contribution < -0.4 is 11.3 Å². The molecule has 1 aliphatic carbocycles. The van der Waals surface area contributed by atoms with Crippen LogP contribution in [0.2, 0.25) is 0 Å². The van der Waals surface area contributed by atoms with Crippen LogP contribution in [0.25, 0.3) is 0 Å². The van der Waals surface area contributed by atoms with Gasteiger partial charge in [-0.25, -0.2) is 5.84 Å². The molecule has 0 atom stereocenters. The molecule has 1 saturated carbocycles. The van der Waals surface area contributed by atoms with Crippen molar-refractivity contribution in [1.82, 2.24) is 10.2 Å². The molecule has 3 N–H and O–H groups in total. The first-order valence-corrected chi connectivity index (χ1v) is 5.61. The molecule has 0 aliphatic heterocycles. The zero-order chi connectivity index (χ0) is 9.80. The van der Waals surface area contributed by atoms with E-state index in [1.807, 2.05) is 0 Å². The second-order valence-electron chi connectivity index (χ2n) is 3.36. The highest BCUT2D eigenvalue weighted by atomic mass is 32.1. The van der Waals surface area contributed by atoms with Gasteiger partial charge in [-0.2, -0.15) is 0 Å². The minimum absolute atomic E-state index is 0.424. The maximum absolute atomic E-state index is 5.69. The van der Waals surface area contributed by atoms with Gasteiger partial charge in [0.25, 0.3) is 0 Å². The van der Waals surface area contributed by atoms with E-state index in [4.69, 9.17) is 10.6 Å². The lowest BCUT2D eigenvalue weighted by Gasteiger charge is -2.08. The van der Waals surface area contributed by atoms with Gasteiger partial charge in [0.15, 0.2) is 0 Å². The average molecular weight is 214 g/mol. The fourth-order valence-corrected chi connectivity index (χ4v) is 2.19. The predicted octanol–water partition coefficient (Wildman–Crippen LogP) is 1.28. The van der Waals surface area contributed by atoms with Gasteiger partial charge in [0.1, 0.15) is 11.6 Å². The van der Waals surface area contributed by atoms with E-state index in [0.717, 1.165) is 5.01 Å². The Hall–Kier alpha value is -0.720. The Labute approximate surface area is 86.6 Å². The molecule has 0 aromatic carbocycles. The number of nitrogens with two attached hydrogens (primary N) is 1. The van der Waals surface area contributed by atoms with Crippen LogP contribution in [0.1, 0.15) is 30.7 Å². The smallest absolute Gasteiger partial charge is 0.219 e. The lowest BCUT2D eigenvalue weighted by atomic mass is 10.3. The van der Waals surface area contributed by atoms with Crippen molar-refractivity contribution in [1.29, 1.82) is 0 Å². The number of hydrazine groups is 1. The molecule has 0 spiro atoms. The fraction of sp³-hybridized carbons (Fsp3) is 0.750. The number of nitrogens with zero attached hydrogens (tertiary/aromatic N) is 2. The highest BCUT2D eigenvalue weighted by molar-refractivity contribution is 7.15. The number of nitrogen functional groups attached to an aromatic ring is 1. The zero-order valence-electron chi connectivity index (χ0n) is 7.90. The lowest BCUT2D eigenvalue weighted by molar-refractivity contribution is 0.0453. The van der Waals surface area contributed by atoms with Crippen molar-refractivity contribution >= 4 is 16.5 Å². The number of nitrogens with one attached hydrogen (secondary N) is 1. The molecule has 2 rings (SSSR count). The zero-order valence-corrected chi connectivity index (χ0v) is 8.72. The van der Waals surface area contributed by atoms with Gasteiger partial charge in [0.05, 0.1) is 6.10 Å². The van der Waals surface area contributed by atoms with Crippen molar-refractivity contribution in [3.63, 3.8) is 0 Å². The molecular formula is C8H14N4OS. The second-order valence-corrected chi connectivity index (χ2v) is 4.42. The fourth-order valence-electron chi connectivity index (χ4n) is 1.61. The minimum atomic E-state index is 0.424. The number of rotatable bonds is 4. The van der Waals surface area contributed by atoms with Gasteiger partial charge >= 0.3 is 0 Å². The summed E-state index contributed by atoms with van der Waals surface area (Å²) in [4.78, 5) is 0. The number of aromatic nitrogens is 2. The Balaban J connectivity index is 1.79. The SMILES string of the molecule is NNc1nnc(COC2CCCC2)s1. The normalized spacial score (nSPS) is 17.5. The Bertz CT molecular complexity index is 285. The molecule has 0 bridgehead atoms. The standard InChI is InChI=1S/C8H14N4OS/c9-10-8-12-11-7(14-8)5-13-6-3-1-2-4-6/h6H,1-5,9H2,(H,10,12). The monoisotopic (exact) mass is 214 g/mol. The van der Waals surface area contributed by atoms with Crippen LogP contribution in [0.4, 0.5) is 5.13 Å². The van der Waals surface area contributed by atoms with E-state index in [1.54, 1.807) is 0 Å². The summed E-state index contributed by atoms with van der Waals surface area (Å²) in [5, 5.41) is 9.30. The first-order chi connectivity index (χ1) is 6.88. The predicted molar refractivity (Wildman–Crippen MR) is 54.8 cm³/mol. The summed E-state index contributed by atoms with van der Waals surface area (Å²) in [7, 11) is 0. The van der Waals surface area contributed by atoms with E-state index in [9.17, 15) is 0 Å². The number of hydrogen-bond donors (Lipinski definition) is 2. The topological polar surface area (TPSA) is 73.1 Å². The molecule has 0 unspecified atom stereocenters. The van der Waals surface area contributed by atoms with Crippen molar-refractivity contribution < 1.29 is 4.74 Å². The minimum Gasteiger partial charge on any atom is -0.371 e. The molecule has 1 aromatic rings. The molecule has 1 fully saturated rings. The van der Waals surface area contributed by atoms with E-state index in [-0.39, 0.29) is 0 Å². The summed E-state index contributed by atoms with van der Waals surface area (Å²) >= 11 is 1.43. The van der Waals surface area contributed by atoms with Crippen LogP contribution in [-0.2, 0) is 11.3 Å². The summed E-state index contributed by atoms with van der Waals surface area (Å²) < 4.78 is 5.69. The third-order valence-electron chi connectivity index (χ3n) is 2.34. The maximum Gasteiger partial charge on any atom is 0.219 e. The van der Waals surface area contributed by atoms with Gasteiger partial charge in [-0.05, 0) is 12.8 Å². The molecule has 0 radical (unpaired) electrons. The molecule has 1 aromatic heterocycles. The first-order valence-electron chi connectivity index (χ1n) is 4.79. The third-order valence-corrected chi connectivity index (χ3v) is 3.16. The van der Waals surface area contributed by atoms with Gasteiger partial charge in [0.2, 0.25) is 5.13 Å². The van der Waals surface area contributed by atoms with E-state index in [0.29, 0.717) is 17.8 Å². The molecule has 0 saturated heterocycles. The van der Waals surface area contributed by atoms with Gasteiger partial charge < -0.3 is 4.74 Å². The van der Waals surface area contributed by atoms with Gasteiger partial charge in [0, 0.05) is 0 Å². The lowest BCUT2D eigenvalue weighted by Crippen LogP contribution is -2.06. The van der Waals surface area contributed by atoms with Crippen LogP contribution in [0, 0.1) is 0 Å². The van der Waals surface area contributed by atoms with E-state index >= 15 is 0 Å². The van der Waals surface area contributed by atoms with Crippen LogP contribution in [-0.4, -0.2) is 16.3 Å². The number of hydrogen-bond acceptors (Lipinski definition) is 6. The van der Waals surface area contributed by atoms with E-state index in [1.165, 1.54) is 37.0 Å². The maximum atomic E-state index is 5.69. The molecule has 0 amide bonds. The summed E-state index contributed by atoms with van der Waals surface area (Å²) in [6.07, 6.45) is 5.36. The van der Waals surface area contributed by atoms with Crippen molar-refractivity contribution in [2.24, 2.45) is 5.84 Å². The van der Waals surface area contributed by atoms with Crippen LogP contribution in [0.15, 0.2) is 0 Å². The molecule has 1 heterocycles. The van der Waals surface area contributed by atoms with Gasteiger partial charge in [-0.1, -0.05) is 24.2 Å². The number of anilines is 1. The quantitative estimate of drug-likeness (QED) is 0.583. The average Bonchev–Trinajstić information content (AvgIpc) is 2.86. The van der Waals surface area contributed by atoms with Crippen molar-refractivity contribution in [2.75, 3.05) is 5.43 Å². The summed E-state index contributed by atoms with van der Waals surface area (Å²) in [6, 6.07) is 0. The van der Waals surface area contributed by atoms with Crippen LogP contribution in [0.3, 0.4) is 0 Å². The molecule has 1 aliphatic rings. The summed E-state index contributed by atoms with van der Waals surface area (Å²) in [5.41, 5.74) is 2.46. The summed E-state index contributed by atoms with van der Waals surface area (Å²) in [5.74, 6) is 5.20. The van der Waals surface area contributed by atoms with E-state index in [2.05, 4.69) is 15.6 Å². The molecule has 6 heteroatoms. The Morgan fingerprint density at radius 3 is 2.86 bits per heavy atom. The second kappa shape index (κ2) is 4.68. The van der Waals surface area contributed by atoms with Crippen molar-refractivity contribution in [2.45, 2.75) is 38.4 Å².